The molecule has 156 valence electrons. The molecule has 31 heavy (non-hydrogen) atoms. The van der Waals surface area contributed by atoms with E-state index in [1.54, 1.807) is 48.5 Å². The lowest BCUT2D eigenvalue weighted by molar-refractivity contribution is 0.102. The number of methoxy groups -OCH3 is 2. The molecule has 0 bridgehead atoms. The molecule has 1 heterocycles. The van der Waals surface area contributed by atoms with E-state index in [1.807, 2.05) is 25.1 Å². The average Bonchev–Trinajstić information content (AvgIpc) is 2.81. The van der Waals surface area contributed by atoms with Gasteiger partial charge >= 0.3 is 0 Å². The minimum Gasteiger partial charge on any atom is -0.493 e. The van der Waals surface area contributed by atoms with Gasteiger partial charge in [-0.25, -0.2) is 0 Å². The fraction of sp³-hybridized carbons (Fsp3) is 0.125. The second kappa shape index (κ2) is 8.31. The highest BCUT2D eigenvalue weighted by Crippen LogP contribution is 2.28. The smallest absolute Gasteiger partial charge is 0.279 e. The van der Waals surface area contributed by atoms with Crippen LogP contribution >= 0.6 is 0 Å². The molecule has 0 aliphatic heterocycles. The molecule has 3 aromatic carbocycles. The van der Waals surface area contributed by atoms with E-state index in [2.05, 4.69) is 10.4 Å². The SMILES string of the molecule is COc1ccc(C(=O)Nc2ccc(-n3nc(C)c4ccccc4c3=O)cc2)cc1OC. The number of aryl methyl sites for hydroxylation is 1. The molecule has 0 radical (unpaired) electrons. The maximum Gasteiger partial charge on any atom is 0.279 e. The van der Waals surface area contributed by atoms with E-state index >= 15 is 0 Å². The number of carbonyl (C=O) groups excluding carboxylic acids is 1. The van der Waals surface area contributed by atoms with Crippen molar-refractivity contribution in [1.82, 2.24) is 9.78 Å². The van der Waals surface area contributed by atoms with Crippen molar-refractivity contribution in [2.75, 3.05) is 19.5 Å². The quantitative estimate of drug-likeness (QED) is 0.533. The minimum absolute atomic E-state index is 0.191. The Kier molecular flexibility index (Phi) is 5.41. The third kappa shape index (κ3) is 3.85. The van der Waals surface area contributed by atoms with Gasteiger partial charge in [-0.1, -0.05) is 18.2 Å². The highest BCUT2D eigenvalue weighted by atomic mass is 16.5. The third-order valence-electron chi connectivity index (χ3n) is 5.01. The van der Waals surface area contributed by atoms with Crippen molar-refractivity contribution in [2.45, 2.75) is 6.92 Å². The summed E-state index contributed by atoms with van der Waals surface area (Å²) < 4.78 is 11.8. The lowest BCUT2D eigenvalue weighted by Gasteiger charge is -2.11. The summed E-state index contributed by atoms with van der Waals surface area (Å²) in [4.78, 5) is 25.5. The second-order valence-electron chi connectivity index (χ2n) is 6.92. The Labute approximate surface area is 178 Å². The second-order valence-corrected chi connectivity index (χ2v) is 6.92. The molecule has 0 unspecified atom stereocenters. The van der Waals surface area contributed by atoms with E-state index in [4.69, 9.17) is 9.47 Å². The Bertz CT molecular complexity index is 1330. The molecule has 0 aliphatic carbocycles. The lowest BCUT2D eigenvalue weighted by atomic mass is 10.1. The Morgan fingerprint density at radius 3 is 2.26 bits per heavy atom. The van der Waals surface area contributed by atoms with Crippen LogP contribution in [0.25, 0.3) is 16.5 Å². The Morgan fingerprint density at radius 2 is 1.58 bits per heavy atom. The fourth-order valence-corrected chi connectivity index (χ4v) is 3.39. The van der Waals surface area contributed by atoms with Gasteiger partial charge in [0.15, 0.2) is 11.5 Å². The highest BCUT2D eigenvalue weighted by molar-refractivity contribution is 6.04. The van der Waals surface area contributed by atoms with Crippen molar-refractivity contribution in [1.29, 1.82) is 0 Å². The van der Waals surface area contributed by atoms with Gasteiger partial charge in [-0.05, 0) is 55.5 Å². The van der Waals surface area contributed by atoms with Crippen LogP contribution in [0, 0.1) is 6.92 Å². The van der Waals surface area contributed by atoms with Crippen LogP contribution in [0.1, 0.15) is 16.1 Å². The van der Waals surface area contributed by atoms with E-state index < -0.39 is 0 Å². The molecule has 1 N–H and O–H groups in total. The summed E-state index contributed by atoms with van der Waals surface area (Å²) in [5.74, 6) is 0.736. The van der Waals surface area contributed by atoms with Crippen molar-refractivity contribution in [2.24, 2.45) is 0 Å². The molecule has 7 heteroatoms. The summed E-state index contributed by atoms with van der Waals surface area (Å²) in [7, 11) is 3.05. The number of aromatic nitrogens is 2. The van der Waals surface area contributed by atoms with Crippen molar-refractivity contribution >= 4 is 22.4 Å². The fourth-order valence-electron chi connectivity index (χ4n) is 3.39. The molecule has 0 atom stereocenters. The molecular formula is C24H21N3O4. The number of anilines is 1. The number of hydrogen-bond donors (Lipinski definition) is 1. The first-order valence-electron chi connectivity index (χ1n) is 9.64. The monoisotopic (exact) mass is 415 g/mol. The highest BCUT2D eigenvalue weighted by Gasteiger charge is 2.12. The van der Waals surface area contributed by atoms with E-state index in [0.717, 1.165) is 11.1 Å². The normalized spacial score (nSPS) is 10.7. The average molecular weight is 415 g/mol. The molecule has 1 amide bonds. The number of nitrogens with zero attached hydrogens (tertiary/aromatic N) is 2. The lowest BCUT2D eigenvalue weighted by Crippen LogP contribution is -2.22. The van der Waals surface area contributed by atoms with Crippen LogP contribution in [0.2, 0.25) is 0 Å². The predicted molar refractivity (Wildman–Crippen MR) is 120 cm³/mol. The van der Waals surface area contributed by atoms with E-state index in [9.17, 15) is 9.59 Å². The first-order chi connectivity index (χ1) is 15.0. The number of carbonyl (C=O) groups is 1. The Hall–Kier alpha value is -4.13. The topological polar surface area (TPSA) is 82.5 Å². The number of rotatable bonds is 5. The zero-order chi connectivity index (χ0) is 22.0. The van der Waals surface area contributed by atoms with Crippen molar-refractivity contribution in [3.05, 3.63) is 88.3 Å². The summed E-state index contributed by atoms with van der Waals surface area (Å²) in [6.07, 6.45) is 0. The number of hydrogen-bond acceptors (Lipinski definition) is 5. The van der Waals surface area contributed by atoms with Crippen molar-refractivity contribution in [3.63, 3.8) is 0 Å². The maximum absolute atomic E-state index is 12.9. The number of fused-ring (bicyclic) bond motifs is 1. The predicted octanol–water partition coefficient (Wildman–Crippen LogP) is 3.96. The summed E-state index contributed by atoms with van der Waals surface area (Å²) in [6, 6.07) is 19.3. The summed E-state index contributed by atoms with van der Waals surface area (Å²) in [6.45, 7) is 1.87. The van der Waals surface area contributed by atoms with Gasteiger partial charge in [0.25, 0.3) is 11.5 Å². The largest absolute Gasteiger partial charge is 0.493 e. The van der Waals surface area contributed by atoms with E-state index in [0.29, 0.717) is 33.8 Å². The molecule has 4 rings (SSSR count). The van der Waals surface area contributed by atoms with Crippen LogP contribution in [0.15, 0.2) is 71.5 Å². The molecule has 4 aromatic rings. The molecule has 7 nitrogen and oxygen atoms in total. The van der Waals surface area contributed by atoms with Crippen LogP contribution in [-0.4, -0.2) is 29.9 Å². The number of amides is 1. The van der Waals surface area contributed by atoms with Gasteiger partial charge in [0.2, 0.25) is 0 Å². The summed E-state index contributed by atoms with van der Waals surface area (Å²) >= 11 is 0. The first kappa shape index (κ1) is 20.2. The molecule has 0 fully saturated rings. The van der Waals surface area contributed by atoms with E-state index in [-0.39, 0.29) is 11.5 Å². The van der Waals surface area contributed by atoms with Crippen LogP contribution in [0.5, 0.6) is 11.5 Å². The van der Waals surface area contributed by atoms with Gasteiger partial charge < -0.3 is 14.8 Å². The third-order valence-corrected chi connectivity index (χ3v) is 5.01. The van der Waals surface area contributed by atoms with Crippen LogP contribution < -0.4 is 20.3 Å². The van der Waals surface area contributed by atoms with E-state index in [1.165, 1.54) is 18.9 Å². The standard InChI is InChI=1S/C24H21N3O4/c1-15-19-6-4-5-7-20(19)24(29)27(26-15)18-11-9-17(10-12-18)25-23(28)16-8-13-21(30-2)22(14-16)31-3/h4-14H,1-3H3,(H,25,28). The van der Waals surface area contributed by atoms with Crippen molar-refractivity contribution in [3.8, 4) is 17.2 Å². The molecule has 0 spiro atoms. The molecule has 0 saturated carbocycles. The van der Waals surface area contributed by atoms with Gasteiger partial charge in [-0.2, -0.15) is 9.78 Å². The molecule has 0 aliphatic rings. The van der Waals surface area contributed by atoms with Crippen LogP contribution in [0.4, 0.5) is 5.69 Å². The zero-order valence-electron chi connectivity index (χ0n) is 17.4. The number of benzene rings is 3. The van der Waals surface area contributed by atoms with Gasteiger partial charge in [0.05, 0.1) is 31.0 Å². The first-order valence-corrected chi connectivity index (χ1v) is 9.64. The molecular weight excluding hydrogens is 394 g/mol. The number of ether oxygens (including phenoxy) is 2. The van der Waals surface area contributed by atoms with Crippen LogP contribution in [0.3, 0.4) is 0 Å². The van der Waals surface area contributed by atoms with Gasteiger partial charge in [0.1, 0.15) is 0 Å². The summed E-state index contributed by atoms with van der Waals surface area (Å²) in [5, 5.41) is 8.72. The van der Waals surface area contributed by atoms with Gasteiger partial charge in [0, 0.05) is 16.6 Å². The summed E-state index contributed by atoms with van der Waals surface area (Å²) in [5.41, 5.74) is 2.21. The van der Waals surface area contributed by atoms with Gasteiger partial charge in [-0.3, -0.25) is 9.59 Å². The molecule has 1 aromatic heterocycles. The molecule has 0 saturated heterocycles. The zero-order valence-corrected chi connectivity index (χ0v) is 17.4. The van der Waals surface area contributed by atoms with Crippen molar-refractivity contribution < 1.29 is 14.3 Å². The Morgan fingerprint density at radius 1 is 0.903 bits per heavy atom. The maximum atomic E-state index is 12.9. The van der Waals surface area contributed by atoms with Crippen LogP contribution in [-0.2, 0) is 0 Å². The minimum atomic E-state index is -0.287. The Balaban J connectivity index is 1.59. The van der Waals surface area contributed by atoms with Gasteiger partial charge in [-0.15, -0.1) is 0 Å². The number of nitrogens with one attached hydrogen (secondary N) is 1.